The van der Waals surface area contributed by atoms with E-state index in [9.17, 15) is 18.7 Å². The Morgan fingerprint density at radius 3 is 2.32 bits per heavy atom. The maximum atomic E-state index is 13.1. The lowest BCUT2D eigenvalue weighted by molar-refractivity contribution is -0.139. The molecule has 1 amide bonds. The second-order valence-electron chi connectivity index (χ2n) is 5.97. The lowest BCUT2D eigenvalue weighted by Gasteiger charge is -2.30. The molecule has 1 aliphatic heterocycles. The highest BCUT2D eigenvalue weighted by Gasteiger charge is 2.41. The van der Waals surface area contributed by atoms with Crippen molar-refractivity contribution in [3.05, 3.63) is 0 Å². The van der Waals surface area contributed by atoms with Gasteiger partial charge in [-0.25, -0.2) is 8.78 Å². The first-order valence-electron chi connectivity index (χ1n) is 6.81. The lowest BCUT2D eigenvalue weighted by atomic mass is 9.86. The Morgan fingerprint density at radius 2 is 1.84 bits per heavy atom. The highest BCUT2D eigenvalue weighted by atomic mass is 19.3. The van der Waals surface area contributed by atoms with Gasteiger partial charge in [0, 0.05) is 31.8 Å². The molecule has 2 atom stereocenters. The first-order chi connectivity index (χ1) is 8.80. The summed E-state index contributed by atoms with van der Waals surface area (Å²) >= 11 is 0. The smallest absolute Gasteiger partial charge is 0.248 e. The molecule has 0 bridgehead atoms. The summed E-state index contributed by atoms with van der Waals surface area (Å²) < 4.78 is 26.2. The number of β-amino-alcohol motifs (C(OH)–C–C–N with tert-alkyl or cyclic N) is 1. The topological polar surface area (TPSA) is 43.8 Å². The molecule has 6 heteroatoms. The number of carbonyl (C=O) groups excluding carboxylic acids is 1. The molecule has 1 heterocycles. The van der Waals surface area contributed by atoms with Gasteiger partial charge in [0.15, 0.2) is 0 Å². The summed E-state index contributed by atoms with van der Waals surface area (Å²) in [5, 5.41) is 9.90. The fraction of sp³-hybridized carbons (Fsp3) is 0.923. The van der Waals surface area contributed by atoms with Gasteiger partial charge in [0.2, 0.25) is 11.8 Å². The van der Waals surface area contributed by atoms with E-state index in [1.165, 1.54) is 0 Å². The van der Waals surface area contributed by atoms with E-state index in [1.807, 2.05) is 19.0 Å². The SMILES string of the molecule is CN(C)[C@@H]1CN(C(=O)C2CCC(F)(F)CC2)C[C@H]1O. The fourth-order valence-electron chi connectivity index (χ4n) is 3.00. The zero-order valence-electron chi connectivity index (χ0n) is 11.5. The predicted octanol–water partition coefficient (Wildman–Crippen LogP) is 0.945. The van der Waals surface area contributed by atoms with Crippen LogP contribution < -0.4 is 0 Å². The van der Waals surface area contributed by atoms with E-state index in [1.54, 1.807) is 4.90 Å². The van der Waals surface area contributed by atoms with E-state index >= 15 is 0 Å². The second kappa shape index (κ2) is 5.32. The third-order valence-electron chi connectivity index (χ3n) is 4.30. The number of likely N-dealkylation sites (tertiary alicyclic amines) is 1. The molecule has 19 heavy (non-hydrogen) atoms. The van der Waals surface area contributed by atoms with Crippen molar-refractivity contribution in [2.45, 2.75) is 43.8 Å². The number of halogens is 2. The first-order valence-corrected chi connectivity index (χ1v) is 6.81. The molecule has 2 fully saturated rings. The van der Waals surface area contributed by atoms with Crippen molar-refractivity contribution in [1.29, 1.82) is 0 Å². The molecule has 0 unspecified atom stereocenters. The largest absolute Gasteiger partial charge is 0.390 e. The number of hydrogen-bond acceptors (Lipinski definition) is 3. The van der Waals surface area contributed by atoms with Crippen molar-refractivity contribution >= 4 is 5.91 Å². The van der Waals surface area contributed by atoms with E-state index in [0.717, 1.165) is 0 Å². The van der Waals surface area contributed by atoms with Gasteiger partial charge in [0.25, 0.3) is 0 Å². The van der Waals surface area contributed by atoms with Gasteiger partial charge in [0.05, 0.1) is 12.1 Å². The number of aliphatic hydroxyl groups excluding tert-OH is 1. The van der Waals surface area contributed by atoms with Gasteiger partial charge < -0.3 is 14.9 Å². The van der Waals surface area contributed by atoms with Crippen LogP contribution in [-0.4, -0.2) is 66.1 Å². The number of rotatable bonds is 2. The Balaban J connectivity index is 1.91. The number of carbonyl (C=O) groups is 1. The average molecular weight is 276 g/mol. The Bertz CT molecular complexity index is 340. The van der Waals surface area contributed by atoms with Crippen molar-refractivity contribution in [2.75, 3.05) is 27.2 Å². The summed E-state index contributed by atoms with van der Waals surface area (Å²) in [6.45, 7) is 0.800. The van der Waals surface area contributed by atoms with Crippen molar-refractivity contribution in [3.8, 4) is 0 Å². The fourth-order valence-corrected chi connectivity index (χ4v) is 3.00. The summed E-state index contributed by atoms with van der Waals surface area (Å²) in [6.07, 6.45) is -0.437. The Kier molecular flexibility index (Phi) is 4.11. The molecule has 1 aliphatic carbocycles. The minimum absolute atomic E-state index is 0.0611. The van der Waals surface area contributed by atoms with Crippen molar-refractivity contribution in [3.63, 3.8) is 0 Å². The highest BCUT2D eigenvalue weighted by Crippen LogP contribution is 2.37. The van der Waals surface area contributed by atoms with Crippen LogP contribution in [0, 0.1) is 5.92 Å². The van der Waals surface area contributed by atoms with Crippen LogP contribution in [0.3, 0.4) is 0 Å². The first kappa shape index (κ1) is 14.7. The van der Waals surface area contributed by atoms with Crippen LogP contribution in [0.15, 0.2) is 0 Å². The molecule has 0 spiro atoms. The number of nitrogens with zero attached hydrogens (tertiary/aromatic N) is 2. The van der Waals surface area contributed by atoms with Crippen molar-refractivity contribution in [1.82, 2.24) is 9.80 Å². The van der Waals surface area contributed by atoms with Crippen LogP contribution in [0.2, 0.25) is 0 Å². The molecule has 1 saturated carbocycles. The molecular weight excluding hydrogens is 254 g/mol. The van der Waals surface area contributed by atoms with E-state index in [-0.39, 0.29) is 43.6 Å². The maximum Gasteiger partial charge on any atom is 0.248 e. The average Bonchev–Trinajstić information content (AvgIpc) is 2.70. The van der Waals surface area contributed by atoms with Gasteiger partial charge >= 0.3 is 0 Å². The summed E-state index contributed by atoms with van der Waals surface area (Å²) in [5.41, 5.74) is 0. The Morgan fingerprint density at radius 1 is 1.26 bits per heavy atom. The normalized spacial score (nSPS) is 32.0. The molecule has 0 aromatic rings. The van der Waals surface area contributed by atoms with Crippen LogP contribution >= 0.6 is 0 Å². The molecule has 2 rings (SSSR count). The summed E-state index contributed by atoms with van der Waals surface area (Å²) in [6, 6.07) is -0.0611. The molecular formula is C13H22F2N2O2. The Labute approximate surface area is 112 Å². The van der Waals surface area contributed by atoms with Crippen molar-refractivity contribution in [2.24, 2.45) is 5.92 Å². The Hall–Kier alpha value is -0.750. The quantitative estimate of drug-likeness (QED) is 0.816. The minimum Gasteiger partial charge on any atom is -0.390 e. The van der Waals surface area contributed by atoms with Gasteiger partial charge in [0.1, 0.15) is 0 Å². The molecule has 1 saturated heterocycles. The van der Waals surface area contributed by atoms with E-state index < -0.39 is 12.0 Å². The number of hydrogen-bond donors (Lipinski definition) is 1. The predicted molar refractivity (Wildman–Crippen MR) is 67.0 cm³/mol. The highest BCUT2D eigenvalue weighted by molar-refractivity contribution is 5.79. The second-order valence-corrected chi connectivity index (χ2v) is 5.97. The minimum atomic E-state index is -2.60. The van der Waals surface area contributed by atoms with Crippen LogP contribution in [-0.2, 0) is 4.79 Å². The maximum absolute atomic E-state index is 13.1. The van der Waals surface area contributed by atoms with E-state index in [2.05, 4.69) is 0 Å². The third kappa shape index (κ3) is 3.23. The lowest BCUT2D eigenvalue weighted by Crippen LogP contribution is -2.40. The van der Waals surface area contributed by atoms with Gasteiger partial charge in [-0.3, -0.25) is 4.79 Å². The number of likely N-dealkylation sites (N-methyl/N-ethyl adjacent to an activating group) is 1. The monoisotopic (exact) mass is 276 g/mol. The van der Waals surface area contributed by atoms with Crippen LogP contribution in [0.4, 0.5) is 8.78 Å². The summed E-state index contributed by atoms with van der Waals surface area (Å²) in [7, 11) is 3.73. The standard InChI is InChI=1S/C13H22F2N2O2/c1-16(2)10-7-17(8-11(10)18)12(19)9-3-5-13(14,15)6-4-9/h9-11,18H,3-8H2,1-2H3/t10-,11-/m1/s1. The molecule has 1 N–H and O–H groups in total. The molecule has 0 aromatic carbocycles. The van der Waals surface area contributed by atoms with Crippen molar-refractivity contribution < 1.29 is 18.7 Å². The van der Waals surface area contributed by atoms with Crippen LogP contribution in [0.5, 0.6) is 0 Å². The number of amides is 1. The molecule has 4 nitrogen and oxygen atoms in total. The summed E-state index contributed by atoms with van der Waals surface area (Å²) in [5.74, 6) is -2.97. The molecule has 0 aromatic heterocycles. The van der Waals surface area contributed by atoms with E-state index in [4.69, 9.17) is 0 Å². The summed E-state index contributed by atoms with van der Waals surface area (Å²) in [4.78, 5) is 15.8. The van der Waals surface area contributed by atoms with Gasteiger partial charge in [-0.2, -0.15) is 0 Å². The molecule has 0 radical (unpaired) electrons. The zero-order chi connectivity index (χ0) is 14.2. The van der Waals surface area contributed by atoms with E-state index in [0.29, 0.717) is 13.1 Å². The third-order valence-corrected chi connectivity index (χ3v) is 4.30. The number of aliphatic hydroxyl groups is 1. The van der Waals surface area contributed by atoms with Crippen LogP contribution in [0.25, 0.3) is 0 Å². The molecule has 110 valence electrons. The molecule has 2 aliphatic rings. The van der Waals surface area contributed by atoms with Gasteiger partial charge in [-0.1, -0.05) is 0 Å². The zero-order valence-corrected chi connectivity index (χ0v) is 11.5. The van der Waals surface area contributed by atoms with Gasteiger partial charge in [-0.15, -0.1) is 0 Å². The van der Waals surface area contributed by atoms with Gasteiger partial charge in [-0.05, 0) is 26.9 Å². The number of alkyl halides is 2. The van der Waals surface area contributed by atoms with Crippen LogP contribution in [0.1, 0.15) is 25.7 Å².